The number of hydrogen-bond donors (Lipinski definition) is 2. The van der Waals surface area contributed by atoms with Gasteiger partial charge in [-0.2, -0.15) is 8.42 Å². The quantitative estimate of drug-likeness (QED) is 0.380. The van der Waals surface area contributed by atoms with Gasteiger partial charge in [-0.05, 0) is 28.1 Å². The molecule has 2 heterocycles. The average molecular weight is 519 g/mol. The first-order valence-corrected chi connectivity index (χ1v) is 11.5. The second-order valence-electron chi connectivity index (χ2n) is 6.71. The number of nitrogens with zero attached hydrogens (tertiary/aromatic N) is 4. The number of methoxy groups -OCH3 is 2. The second kappa shape index (κ2) is 8.63. The van der Waals surface area contributed by atoms with Crippen LogP contribution in [-0.4, -0.2) is 42.2 Å². The lowest BCUT2D eigenvalue weighted by molar-refractivity contribution is 0.393. The van der Waals surface area contributed by atoms with Crippen molar-refractivity contribution in [1.29, 1.82) is 0 Å². The highest BCUT2D eigenvalue weighted by Gasteiger charge is 2.22. The molecule has 4 rings (SSSR count). The molecule has 0 aliphatic carbocycles. The lowest BCUT2D eigenvalue weighted by Crippen LogP contribution is -2.16. The molecule has 0 atom stereocenters. The number of ether oxygens (including phenoxy) is 2. The third-order valence-electron chi connectivity index (χ3n) is 4.48. The van der Waals surface area contributed by atoms with E-state index in [4.69, 9.17) is 9.47 Å². The zero-order valence-electron chi connectivity index (χ0n) is 17.3. The highest BCUT2D eigenvalue weighted by molar-refractivity contribution is 9.10. The van der Waals surface area contributed by atoms with Gasteiger partial charge in [0.1, 0.15) is 11.5 Å². The summed E-state index contributed by atoms with van der Waals surface area (Å²) < 4.78 is 41.1. The summed E-state index contributed by atoms with van der Waals surface area (Å²) in [6, 6.07) is 10.6. The number of rotatable bonds is 7. The minimum Gasteiger partial charge on any atom is -0.497 e. The smallest absolute Gasteiger partial charge is 0.282 e. The van der Waals surface area contributed by atoms with E-state index in [1.165, 1.54) is 26.7 Å². The van der Waals surface area contributed by atoms with Gasteiger partial charge < -0.3 is 19.4 Å². The van der Waals surface area contributed by atoms with E-state index in [0.717, 1.165) is 0 Å². The summed E-state index contributed by atoms with van der Waals surface area (Å²) in [5.41, 5.74) is 1.66. The van der Waals surface area contributed by atoms with Crippen molar-refractivity contribution in [3.8, 4) is 11.5 Å². The molecule has 10 nitrogen and oxygen atoms in total. The predicted molar refractivity (Wildman–Crippen MR) is 124 cm³/mol. The van der Waals surface area contributed by atoms with Crippen LogP contribution in [0.2, 0.25) is 0 Å². The molecule has 0 unspecified atom stereocenters. The molecular formula is C20H19BrN6O4S. The molecule has 0 bridgehead atoms. The van der Waals surface area contributed by atoms with Gasteiger partial charge in [0.15, 0.2) is 16.7 Å². The van der Waals surface area contributed by atoms with Crippen molar-refractivity contribution in [2.45, 2.75) is 5.03 Å². The van der Waals surface area contributed by atoms with E-state index in [9.17, 15) is 8.42 Å². The summed E-state index contributed by atoms with van der Waals surface area (Å²) >= 11 is 3.49. The summed E-state index contributed by atoms with van der Waals surface area (Å²) in [5.74, 6) is 1.27. The summed E-state index contributed by atoms with van der Waals surface area (Å²) in [6.45, 7) is 0. The molecule has 2 N–H and O–H groups in total. The Morgan fingerprint density at radius 2 is 1.72 bits per heavy atom. The van der Waals surface area contributed by atoms with Crippen LogP contribution in [0.1, 0.15) is 0 Å². The van der Waals surface area contributed by atoms with Crippen LogP contribution in [0, 0.1) is 0 Å². The second-order valence-corrected chi connectivity index (χ2v) is 9.13. The fourth-order valence-corrected chi connectivity index (χ4v) is 4.41. The number of aromatic nitrogens is 4. The minimum atomic E-state index is -4.00. The van der Waals surface area contributed by atoms with E-state index >= 15 is 0 Å². The van der Waals surface area contributed by atoms with E-state index in [-0.39, 0.29) is 16.7 Å². The molecule has 166 valence electrons. The fourth-order valence-electron chi connectivity index (χ4n) is 2.92. The Labute approximate surface area is 192 Å². The van der Waals surface area contributed by atoms with Gasteiger partial charge in [0, 0.05) is 25.4 Å². The lowest BCUT2D eigenvalue weighted by Gasteiger charge is -2.16. The van der Waals surface area contributed by atoms with E-state index in [1.54, 1.807) is 41.9 Å². The fraction of sp³-hybridized carbons (Fsp3) is 0.150. The number of para-hydroxylation sites is 2. The topological polar surface area (TPSA) is 120 Å². The zero-order valence-corrected chi connectivity index (χ0v) is 19.7. The monoisotopic (exact) mass is 518 g/mol. The molecule has 0 saturated carbocycles. The molecule has 0 spiro atoms. The molecule has 0 aliphatic rings. The van der Waals surface area contributed by atoms with Crippen molar-refractivity contribution >= 4 is 54.3 Å². The molecule has 0 saturated heterocycles. The van der Waals surface area contributed by atoms with Gasteiger partial charge in [0.25, 0.3) is 10.0 Å². The van der Waals surface area contributed by atoms with Gasteiger partial charge >= 0.3 is 0 Å². The van der Waals surface area contributed by atoms with Gasteiger partial charge in [-0.25, -0.2) is 15.0 Å². The Bertz CT molecular complexity index is 1410. The number of nitrogens with one attached hydrogen (secondary N) is 2. The molecule has 12 heteroatoms. The van der Waals surface area contributed by atoms with Crippen molar-refractivity contribution < 1.29 is 17.9 Å². The number of sulfonamides is 1. The van der Waals surface area contributed by atoms with Crippen LogP contribution in [0.15, 0.2) is 58.4 Å². The largest absolute Gasteiger partial charge is 0.497 e. The normalized spacial score (nSPS) is 11.4. The Hall–Kier alpha value is -3.38. The number of imidazole rings is 1. The van der Waals surface area contributed by atoms with Crippen molar-refractivity contribution in [1.82, 2.24) is 19.5 Å². The molecule has 32 heavy (non-hydrogen) atoms. The van der Waals surface area contributed by atoms with E-state index in [0.29, 0.717) is 32.7 Å². The van der Waals surface area contributed by atoms with Crippen molar-refractivity contribution in [2.24, 2.45) is 7.05 Å². The number of anilines is 3. The predicted octanol–water partition coefficient (Wildman–Crippen LogP) is 3.69. The third-order valence-corrected chi connectivity index (χ3v) is 6.52. The third kappa shape index (κ3) is 4.32. The maximum Gasteiger partial charge on any atom is 0.282 e. The van der Waals surface area contributed by atoms with Crippen LogP contribution in [0.25, 0.3) is 11.0 Å². The molecule has 0 radical (unpaired) electrons. The van der Waals surface area contributed by atoms with Crippen molar-refractivity contribution in [3.63, 3.8) is 0 Å². The van der Waals surface area contributed by atoms with E-state index < -0.39 is 10.0 Å². The molecule has 0 amide bonds. The van der Waals surface area contributed by atoms with Crippen molar-refractivity contribution in [2.75, 3.05) is 24.3 Å². The molecule has 0 fully saturated rings. The van der Waals surface area contributed by atoms with Crippen LogP contribution in [0.3, 0.4) is 0 Å². The number of aryl methyl sites for hydroxylation is 1. The van der Waals surface area contributed by atoms with Crippen LogP contribution in [0.5, 0.6) is 11.5 Å². The first-order chi connectivity index (χ1) is 15.3. The summed E-state index contributed by atoms with van der Waals surface area (Å²) in [5, 5.41) is 2.99. The van der Waals surface area contributed by atoms with Crippen molar-refractivity contribution in [3.05, 3.63) is 53.4 Å². The Morgan fingerprint density at radius 3 is 2.31 bits per heavy atom. The summed E-state index contributed by atoms with van der Waals surface area (Å²) in [4.78, 5) is 13.0. The van der Waals surface area contributed by atoms with Gasteiger partial charge in [-0.15, -0.1) is 0 Å². The summed E-state index contributed by atoms with van der Waals surface area (Å²) in [6.07, 6.45) is 2.80. The Kier molecular flexibility index (Phi) is 5.89. The maximum absolute atomic E-state index is 12.9. The van der Waals surface area contributed by atoms with Crippen LogP contribution < -0.4 is 19.5 Å². The first-order valence-electron chi connectivity index (χ1n) is 9.27. The standard InChI is InChI=1S/C20H19BrN6O4S/c1-27-10-17(22-11-27)32(28,29)26-20-19(23-13-6-4-5-7-14(13)24-20)25-15-8-12(30-2)9-16(31-3)18(15)21/h4-11H,1-3H3,(H,23,25)(H,24,26). The number of hydrogen-bond acceptors (Lipinski definition) is 8. The van der Waals surface area contributed by atoms with Gasteiger partial charge in [0.2, 0.25) is 0 Å². The molecular weight excluding hydrogens is 500 g/mol. The molecule has 0 aliphatic heterocycles. The zero-order chi connectivity index (χ0) is 22.9. The van der Waals surface area contributed by atoms with Crippen LogP contribution in [-0.2, 0) is 17.1 Å². The van der Waals surface area contributed by atoms with Crippen LogP contribution >= 0.6 is 15.9 Å². The van der Waals surface area contributed by atoms with E-state index in [1.807, 2.05) is 6.07 Å². The first kappa shape index (κ1) is 21.8. The maximum atomic E-state index is 12.9. The molecule has 2 aromatic heterocycles. The number of halogens is 1. The number of benzene rings is 2. The van der Waals surface area contributed by atoms with Gasteiger partial charge in [0.05, 0.1) is 41.7 Å². The minimum absolute atomic E-state index is 0.0167. The SMILES string of the molecule is COc1cc(Nc2nc3ccccc3nc2NS(=O)(=O)c2cn(C)cn2)c(Br)c(OC)c1. The number of fused-ring (bicyclic) bond motifs is 1. The van der Waals surface area contributed by atoms with Crippen LogP contribution in [0.4, 0.5) is 17.3 Å². The lowest BCUT2D eigenvalue weighted by atomic mass is 10.2. The van der Waals surface area contributed by atoms with E-state index in [2.05, 4.69) is 40.9 Å². The van der Waals surface area contributed by atoms with Gasteiger partial charge in [-0.3, -0.25) is 4.72 Å². The summed E-state index contributed by atoms with van der Waals surface area (Å²) in [7, 11) is 0.756. The highest BCUT2D eigenvalue weighted by atomic mass is 79.9. The molecule has 4 aromatic rings. The average Bonchev–Trinajstić information content (AvgIpc) is 3.22. The Balaban J connectivity index is 1.82. The Morgan fingerprint density at radius 1 is 1.03 bits per heavy atom. The van der Waals surface area contributed by atoms with Gasteiger partial charge in [-0.1, -0.05) is 12.1 Å². The molecule has 2 aromatic carbocycles. The highest BCUT2D eigenvalue weighted by Crippen LogP contribution is 2.39.